The van der Waals surface area contributed by atoms with E-state index in [0.717, 1.165) is 18.2 Å². The van der Waals surface area contributed by atoms with E-state index >= 15 is 0 Å². The van der Waals surface area contributed by atoms with Gasteiger partial charge >= 0.3 is 13.3 Å². The van der Waals surface area contributed by atoms with Gasteiger partial charge in [0.15, 0.2) is 0 Å². The minimum Gasteiger partial charge on any atom is -0.512 e. The van der Waals surface area contributed by atoms with Gasteiger partial charge in [0.05, 0.1) is 5.56 Å². The summed E-state index contributed by atoms with van der Waals surface area (Å²) >= 11 is 0. The molecule has 0 unspecified atom stereocenters. The van der Waals surface area contributed by atoms with Gasteiger partial charge in [0.2, 0.25) is 0 Å². The summed E-state index contributed by atoms with van der Waals surface area (Å²) in [5.74, 6) is -2.57. The predicted octanol–water partition coefficient (Wildman–Crippen LogP) is -0.128. The second-order valence-corrected chi connectivity index (χ2v) is 2.39. The largest absolute Gasteiger partial charge is 0.707 e. The predicted molar refractivity (Wildman–Crippen MR) is 44.2 cm³/mol. The molecular formula is C7H6BFO5. The topological polar surface area (TPSA) is 87.0 Å². The molecule has 7 heteroatoms. The van der Waals surface area contributed by atoms with Crippen molar-refractivity contribution in [2.24, 2.45) is 0 Å². The van der Waals surface area contributed by atoms with Gasteiger partial charge in [0, 0.05) is 6.07 Å². The molecule has 0 radical (unpaired) electrons. The van der Waals surface area contributed by atoms with E-state index in [4.69, 9.17) is 15.2 Å². The maximum Gasteiger partial charge on any atom is 0.707 e. The van der Waals surface area contributed by atoms with Crippen molar-refractivity contribution >= 4 is 13.3 Å². The van der Waals surface area contributed by atoms with Crippen molar-refractivity contribution in [1.82, 2.24) is 0 Å². The lowest BCUT2D eigenvalue weighted by atomic mass is 10.2. The second kappa shape index (κ2) is 4.08. The maximum absolute atomic E-state index is 12.9. The zero-order valence-electron chi connectivity index (χ0n) is 6.85. The van der Waals surface area contributed by atoms with Gasteiger partial charge in [0.1, 0.15) is 11.6 Å². The van der Waals surface area contributed by atoms with E-state index in [0.29, 0.717) is 0 Å². The molecule has 0 aromatic heterocycles. The molecule has 0 bridgehead atoms. The Bertz CT molecular complexity index is 354. The number of hydrogen-bond donors (Lipinski definition) is 3. The van der Waals surface area contributed by atoms with E-state index in [9.17, 15) is 9.18 Å². The Morgan fingerprint density at radius 3 is 2.50 bits per heavy atom. The number of hydrogen-bond acceptors (Lipinski definition) is 4. The first-order valence-corrected chi connectivity index (χ1v) is 3.56. The first-order valence-electron chi connectivity index (χ1n) is 3.56. The first-order chi connectivity index (χ1) is 6.50. The van der Waals surface area contributed by atoms with Crippen LogP contribution in [0.5, 0.6) is 5.75 Å². The molecule has 0 aliphatic heterocycles. The van der Waals surface area contributed by atoms with Gasteiger partial charge in [-0.05, 0) is 12.1 Å². The first kappa shape index (κ1) is 10.5. The lowest BCUT2D eigenvalue weighted by molar-refractivity contribution is 0.0692. The van der Waals surface area contributed by atoms with Crippen molar-refractivity contribution in [3.05, 3.63) is 29.6 Å². The lowest BCUT2D eigenvalue weighted by Gasteiger charge is -2.05. The Hall–Kier alpha value is -1.60. The van der Waals surface area contributed by atoms with Crippen LogP contribution in [0.25, 0.3) is 0 Å². The summed E-state index contributed by atoms with van der Waals surface area (Å²) in [4.78, 5) is 10.4. The molecule has 1 aromatic rings. The number of aromatic carboxylic acids is 1. The summed E-state index contributed by atoms with van der Waals surface area (Å²) in [6.07, 6.45) is 0. The molecule has 0 aliphatic rings. The average Bonchev–Trinajstić information content (AvgIpc) is 2.01. The molecule has 1 rings (SSSR count). The van der Waals surface area contributed by atoms with Crippen LogP contribution in [-0.2, 0) is 0 Å². The highest BCUT2D eigenvalue weighted by atomic mass is 19.1. The third-order valence-electron chi connectivity index (χ3n) is 1.41. The molecule has 0 aliphatic carbocycles. The van der Waals surface area contributed by atoms with E-state index in [1.165, 1.54) is 0 Å². The standard InChI is InChI=1S/C7H6BFO5/c9-6-3-4(14-8(12)13)1-2-5(6)7(10)11/h1-3,12-13H,(H,10,11). The Balaban J connectivity index is 2.94. The van der Waals surface area contributed by atoms with E-state index < -0.39 is 24.7 Å². The summed E-state index contributed by atoms with van der Waals surface area (Å²) in [5, 5.41) is 25.2. The second-order valence-electron chi connectivity index (χ2n) is 2.39. The van der Waals surface area contributed by atoms with E-state index in [1.54, 1.807) is 0 Å². The fraction of sp³-hybridized carbons (Fsp3) is 0. The highest BCUT2D eigenvalue weighted by molar-refractivity contribution is 6.33. The number of carboxylic acids is 1. The molecule has 0 atom stereocenters. The lowest BCUT2D eigenvalue weighted by Crippen LogP contribution is -2.20. The minimum absolute atomic E-state index is 0.164. The van der Waals surface area contributed by atoms with Gasteiger partial charge in [-0.1, -0.05) is 0 Å². The normalized spacial score (nSPS) is 9.64. The smallest absolute Gasteiger partial charge is 0.512 e. The third-order valence-corrected chi connectivity index (χ3v) is 1.41. The fourth-order valence-corrected chi connectivity index (χ4v) is 0.864. The van der Waals surface area contributed by atoms with Crippen molar-refractivity contribution in [3.63, 3.8) is 0 Å². The van der Waals surface area contributed by atoms with Crippen LogP contribution in [0.1, 0.15) is 10.4 Å². The molecule has 0 heterocycles. The summed E-state index contributed by atoms with van der Waals surface area (Å²) < 4.78 is 17.2. The summed E-state index contributed by atoms with van der Waals surface area (Å²) in [6.45, 7) is 0. The molecule has 5 nitrogen and oxygen atoms in total. The summed E-state index contributed by atoms with van der Waals surface area (Å²) in [6, 6.07) is 2.84. The Morgan fingerprint density at radius 2 is 2.07 bits per heavy atom. The zero-order valence-corrected chi connectivity index (χ0v) is 6.85. The quantitative estimate of drug-likeness (QED) is 0.591. The van der Waals surface area contributed by atoms with Gasteiger partial charge < -0.3 is 19.8 Å². The van der Waals surface area contributed by atoms with Gasteiger partial charge in [-0.3, -0.25) is 0 Å². The Morgan fingerprint density at radius 1 is 1.43 bits per heavy atom. The molecule has 14 heavy (non-hydrogen) atoms. The molecule has 0 spiro atoms. The minimum atomic E-state index is -2.06. The molecule has 0 amide bonds. The van der Waals surface area contributed by atoms with Crippen molar-refractivity contribution < 1.29 is 29.0 Å². The number of benzene rings is 1. The van der Waals surface area contributed by atoms with Crippen LogP contribution in [0, 0.1) is 5.82 Å². The van der Waals surface area contributed by atoms with Crippen LogP contribution in [0.2, 0.25) is 0 Å². The van der Waals surface area contributed by atoms with E-state index in [1.807, 2.05) is 0 Å². The summed E-state index contributed by atoms with van der Waals surface area (Å²) in [5.41, 5.74) is -0.509. The van der Waals surface area contributed by atoms with Crippen molar-refractivity contribution in [1.29, 1.82) is 0 Å². The molecular weight excluding hydrogens is 194 g/mol. The Kier molecular flexibility index (Phi) is 3.05. The molecule has 0 saturated carbocycles. The maximum atomic E-state index is 12.9. The van der Waals surface area contributed by atoms with Gasteiger partial charge in [-0.2, -0.15) is 0 Å². The van der Waals surface area contributed by atoms with Crippen LogP contribution in [0.3, 0.4) is 0 Å². The van der Waals surface area contributed by atoms with Crippen LogP contribution in [-0.4, -0.2) is 28.4 Å². The van der Waals surface area contributed by atoms with Crippen LogP contribution in [0.4, 0.5) is 4.39 Å². The van der Waals surface area contributed by atoms with Crippen molar-refractivity contribution in [2.45, 2.75) is 0 Å². The third kappa shape index (κ3) is 2.44. The fourth-order valence-electron chi connectivity index (χ4n) is 0.864. The number of carboxylic acid groups (broad SMARTS) is 1. The molecule has 74 valence electrons. The van der Waals surface area contributed by atoms with Gasteiger partial charge in [0.25, 0.3) is 0 Å². The Labute approximate surface area is 78.5 Å². The zero-order chi connectivity index (χ0) is 10.7. The van der Waals surface area contributed by atoms with Gasteiger partial charge in [-0.25, -0.2) is 9.18 Å². The summed E-state index contributed by atoms with van der Waals surface area (Å²) in [7, 11) is -2.06. The van der Waals surface area contributed by atoms with E-state index in [-0.39, 0.29) is 5.75 Å². The number of rotatable bonds is 3. The van der Waals surface area contributed by atoms with Gasteiger partial charge in [-0.15, -0.1) is 0 Å². The van der Waals surface area contributed by atoms with E-state index in [2.05, 4.69) is 4.65 Å². The van der Waals surface area contributed by atoms with Crippen LogP contribution in [0.15, 0.2) is 18.2 Å². The van der Waals surface area contributed by atoms with Crippen LogP contribution < -0.4 is 4.65 Å². The SMILES string of the molecule is O=C(O)c1ccc(OB(O)O)cc1F. The molecule has 0 saturated heterocycles. The van der Waals surface area contributed by atoms with Crippen molar-refractivity contribution in [3.8, 4) is 5.75 Å². The average molecular weight is 200 g/mol. The van der Waals surface area contributed by atoms with Crippen molar-refractivity contribution in [2.75, 3.05) is 0 Å². The number of carbonyl (C=O) groups is 1. The monoisotopic (exact) mass is 200 g/mol. The highest BCUT2D eigenvalue weighted by Gasteiger charge is 2.15. The highest BCUT2D eigenvalue weighted by Crippen LogP contribution is 2.16. The molecule has 0 fully saturated rings. The molecule has 1 aromatic carbocycles. The molecule has 3 N–H and O–H groups in total. The number of halogens is 1. The van der Waals surface area contributed by atoms with Crippen LogP contribution >= 0.6 is 0 Å².